The van der Waals surface area contributed by atoms with Crippen LogP contribution < -0.4 is 0 Å². The van der Waals surface area contributed by atoms with Gasteiger partial charge in [0.2, 0.25) is 0 Å². The highest BCUT2D eigenvalue weighted by Crippen LogP contribution is 2.27. The largest absolute Gasteiger partial charge is 0.457 e. The highest BCUT2D eigenvalue weighted by atomic mass is 16.7. The number of hydrogen-bond donors (Lipinski definition) is 7. The van der Waals surface area contributed by atoms with Crippen LogP contribution >= 0.6 is 0 Å². The van der Waals surface area contributed by atoms with Gasteiger partial charge in [0, 0.05) is 13.0 Å². The maximum atomic E-state index is 13.0. The normalized spacial score (nSPS) is 24.9. The van der Waals surface area contributed by atoms with Crippen molar-refractivity contribution in [3.05, 3.63) is 12.2 Å². The Kier molecular flexibility index (Phi) is 43.5. The first kappa shape index (κ1) is 67.8. The first-order valence-electron chi connectivity index (χ1n) is 30.3. The van der Waals surface area contributed by atoms with Crippen molar-refractivity contribution in [3.8, 4) is 0 Å². The zero-order valence-electron chi connectivity index (χ0n) is 46.4. The summed E-state index contributed by atoms with van der Waals surface area (Å²) in [6, 6.07) is 0. The maximum Gasteiger partial charge on any atom is 0.306 e. The molecule has 11 atom stereocenters. The van der Waals surface area contributed by atoms with Gasteiger partial charge in [0.25, 0.3) is 0 Å². The van der Waals surface area contributed by atoms with Crippen molar-refractivity contribution >= 4 is 5.97 Å². The van der Waals surface area contributed by atoms with E-state index in [1.54, 1.807) is 0 Å². The average Bonchev–Trinajstić information content (AvgIpc) is 3.39. The SMILES string of the molecule is CCCCCC/C=C\CCCCCCCC(=O)OC(COCCCCCCCCCCCCCCCCCCCCCCCCCCCC)COC1OC(COC2OC(CO)C(O)C(O)C2O)C(O)C(O)C1O. The molecular formula is C59H112O14. The molecule has 0 aliphatic carbocycles. The second-order valence-electron chi connectivity index (χ2n) is 21.5. The minimum Gasteiger partial charge on any atom is -0.457 e. The third-order valence-corrected chi connectivity index (χ3v) is 14.8. The van der Waals surface area contributed by atoms with Crippen LogP contribution in [-0.4, -0.2) is 142 Å². The zero-order chi connectivity index (χ0) is 53.0. The van der Waals surface area contributed by atoms with Gasteiger partial charge in [0.05, 0.1) is 26.4 Å². The molecule has 432 valence electrons. The molecule has 0 bridgehead atoms. The summed E-state index contributed by atoms with van der Waals surface area (Å²) in [6.07, 6.45) is 35.8. The quantitative estimate of drug-likeness (QED) is 0.0172. The van der Waals surface area contributed by atoms with Crippen LogP contribution in [0.2, 0.25) is 0 Å². The standard InChI is InChI=1S/C59H112O14/c1-3-5-7-9-11-13-15-17-18-19-20-21-22-23-24-25-26-27-28-29-31-33-35-37-39-41-43-68-45-48(71-51(61)42-40-38-36-34-32-30-16-14-12-10-8-6-4-2)46-69-58-57(67)55(65)53(63)50(73-58)47-70-59-56(66)54(64)52(62)49(44-60)72-59/h14,16,48-50,52-60,62-67H,3-13,15,17-47H2,1-2H3/b16-14-. The minimum atomic E-state index is -1.70. The summed E-state index contributed by atoms with van der Waals surface area (Å²) < 4.78 is 34.4. The molecule has 0 spiro atoms. The molecule has 2 heterocycles. The maximum absolute atomic E-state index is 13.0. The molecule has 11 unspecified atom stereocenters. The van der Waals surface area contributed by atoms with Gasteiger partial charge in [-0.2, -0.15) is 0 Å². The van der Waals surface area contributed by atoms with Crippen LogP contribution in [0.15, 0.2) is 12.2 Å². The fourth-order valence-corrected chi connectivity index (χ4v) is 9.87. The Hall–Kier alpha value is -1.27. The number of aliphatic hydroxyl groups is 7. The summed E-state index contributed by atoms with van der Waals surface area (Å²) in [4.78, 5) is 13.0. The summed E-state index contributed by atoms with van der Waals surface area (Å²) in [5.41, 5.74) is 0. The van der Waals surface area contributed by atoms with E-state index in [1.165, 1.54) is 173 Å². The molecule has 2 aliphatic rings. The smallest absolute Gasteiger partial charge is 0.306 e. The lowest BCUT2D eigenvalue weighted by atomic mass is 9.98. The fraction of sp³-hybridized carbons (Fsp3) is 0.949. The number of esters is 1. The molecule has 14 heteroatoms. The van der Waals surface area contributed by atoms with Crippen LogP contribution in [0.5, 0.6) is 0 Å². The fourth-order valence-electron chi connectivity index (χ4n) is 9.87. The highest BCUT2D eigenvalue weighted by molar-refractivity contribution is 5.69. The highest BCUT2D eigenvalue weighted by Gasteiger charge is 2.47. The van der Waals surface area contributed by atoms with Crippen molar-refractivity contribution in [2.75, 3.05) is 33.0 Å². The minimum absolute atomic E-state index is 0.0644. The van der Waals surface area contributed by atoms with E-state index in [4.69, 9.17) is 28.4 Å². The molecule has 2 aliphatic heterocycles. The van der Waals surface area contributed by atoms with Gasteiger partial charge in [-0.3, -0.25) is 4.79 Å². The van der Waals surface area contributed by atoms with Crippen molar-refractivity contribution < 1.29 is 69.0 Å². The third kappa shape index (κ3) is 33.6. The van der Waals surface area contributed by atoms with Gasteiger partial charge in [0.15, 0.2) is 12.6 Å². The van der Waals surface area contributed by atoms with Gasteiger partial charge >= 0.3 is 5.97 Å². The molecule has 0 amide bonds. The second kappa shape index (κ2) is 46.8. The Balaban J connectivity index is 1.64. The summed E-state index contributed by atoms with van der Waals surface area (Å²) in [6.45, 7) is 3.72. The van der Waals surface area contributed by atoms with E-state index in [0.717, 1.165) is 57.8 Å². The number of allylic oxidation sites excluding steroid dienone is 2. The van der Waals surface area contributed by atoms with Crippen LogP contribution in [0.3, 0.4) is 0 Å². The van der Waals surface area contributed by atoms with Gasteiger partial charge in [-0.05, 0) is 38.5 Å². The Bertz CT molecular complexity index is 1260. The molecule has 7 N–H and O–H groups in total. The van der Waals surface area contributed by atoms with Crippen LogP contribution in [0.25, 0.3) is 0 Å². The number of carbonyl (C=O) groups is 1. The molecule has 73 heavy (non-hydrogen) atoms. The lowest BCUT2D eigenvalue weighted by Gasteiger charge is -2.42. The van der Waals surface area contributed by atoms with E-state index in [1.807, 2.05) is 0 Å². The van der Waals surface area contributed by atoms with Gasteiger partial charge < -0.3 is 64.2 Å². The van der Waals surface area contributed by atoms with Gasteiger partial charge in [-0.15, -0.1) is 0 Å². The lowest BCUT2D eigenvalue weighted by Crippen LogP contribution is -2.61. The molecule has 0 aromatic heterocycles. The van der Waals surface area contributed by atoms with Gasteiger partial charge in [0.1, 0.15) is 54.9 Å². The van der Waals surface area contributed by atoms with Gasteiger partial charge in [-0.1, -0.05) is 225 Å². The molecule has 2 saturated heterocycles. The summed E-state index contributed by atoms with van der Waals surface area (Å²) in [7, 11) is 0. The molecule has 2 rings (SSSR count). The van der Waals surface area contributed by atoms with Crippen molar-refractivity contribution in [1.82, 2.24) is 0 Å². The van der Waals surface area contributed by atoms with Crippen LogP contribution in [0.1, 0.15) is 258 Å². The number of hydrogen-bond acceptors (Lipinski definition) is 14. The topological polar surface area (TPSA) is 214 Å². The van der Waals surface area contributed by atoms with E-state index in [9.17, 15) is 40.5 Å². The monoisotopic (exact) mass is 1040 g/mol. The molecule has 0 radical (unpaired) electrons. The molecule has 2 fully saturated rings. The van der Waals surface area contributed by atoms with E-state index in [-0.39, 0.29) is 25.6 Å². The molecule has 14 nitrogen and oxygen atoms in total. The number of unbranched alkanes of at least 4 members (excludes halogenated alkanes) is 34. The molecule has 0 saturated carbocycles. The van der Waals surface area contributed by atoms with Crippen molar-refractivity contribution in [2.45, 2.75) is 325 Å². The molecule has 0 aromatic rings. The van der Waals surface area contributed by atoms with E-state index in [2.05, 4.69) is 26.0 Å². The number of rotatable bonds is 50. The van der Waals surface area contributed by atoms with E-state index in [0.29, 0.717) is 13.0 Å². The average molecular weight is 1050 g/mol. The van der Waals surface area contributed by atoms with Gasteiger partial charge in [-0.25, -0.2) is 0 Å². The van der Waals surface area contributed by atoms with Crippen molar-refractivity contribution in [2.24, 2.45) is 0 Å². The molecular weight excluding hydrogens is 933 g/mol. The number of ether oxygens (including phenoxy) is 6. The van der Waals surface area contributed by atoms with Crippen LogP contribution in [0, 0.1) is 0 Å². The lowest BCUT2D eigenvalue weighted by molar-refractivity contribution is -0.332. The predicted octanol–water partition coefficient (Wildman–Crippen LogP) is 11.0. The Labute approximate surface area is 444 Å². The van der Waals surface area contributed by atoms with E-state index < -0.39 is 80.7 Å². The summed E-state index contributed by atoms with van der Waals surface area (Å²) in [5.74, 6) is -0.380. The first-order chi connectivity index (χ1) is 35.6. The summed E-state index contributed by atoms with van der Waals surface area (Å²) in [5, 5.41) is 72.3. The Morgan fingerprint density at radius 1 is 0.438 bits per heavy atom. The molecule has 0 aromatic carbocycles. The third-order valence-electron chi connectivity index (χ3n) is 14.8. The van der Waals surface area contributed by atoms with Crippen molar-refractivity contribution in [3.63, 3.8) is 0 Å². The zero-order valence-corrected chi connectivity index (χ0v) is 46.4. The number of carbonyl (C=O) groups excluding carboxylic acids is 1. The van der Waals surface area contributed by atoms with Crippen LogP contribution in [0.4, 0.5) is 0 Å². The summed E-state index contributed by atoms with van der Waals surface area (Å²) >= 11 is 0. The number of aliphatic hydroxyl groups excluding tert-OH is 7. The Morgan fingerprint density at radius 2 is 0.808 bits per heavy atom. The second-order valence-corrected chi connectivity index (χ2v) is 21.5. The first-order valence-corrected chi connectivity index (χ1v) is 30.3. The Morgan fingerprint density at radius 3 is 1.26 bits per heavy atom. The van der Waals surface area contributed by atoms with E-state index >= 15 is 0 Å². The van der Waals surface area contributed by atoms with Crippen LogP contribution in [-0.2, 0) is 33.2 Å². The predicted molar refractivity (Wildman–Crippen MR) is 289 cm³/mol. The van der Waals surface area contributed by atoms with Crippen molar-refractivity contribution in [1.29, 1.82) is 0 Å².